The first-order valence-corrected chi connectivity index (χ1v) is 8.19. The number of ether oxygens (including phenoxy) is 1. The maximum atomic E-state index is 12.0. The van der Waals surface area contributed by atoms with Crippen molar-refractivity contribution in [2.45, 2.75) is 19.3 Å². The number of carbonyl (C=O) groups excluding carboxylic acids is 1. The number of hydrogen-bond donors (Lipinski definition) is 0. The van der Waals surface area contributed by atoms with Gasteiger partial charge in [0.1, 0.15) is 0 Å². The van der Waals surface area contributed by atoms with Crippen LogP contribution in [0.1, 0.15) is 19.3 Å². The molecule has 0 N–H and O–H groups in total. The second-order valence-electron chi connectivity index (χ2n) is 4.61. The maximum absolute atomic E-state index is 12.0. The lowest BCUT2D eigenvalue weighted by atomic mass is 10.3. The molecule has 0 saturated carbocycles. The van der Waals surface area contributed by atoms with Crippen LogP contribution in [-0.4, -0.2) is 68.9 Å². The predicted octanol–water partition coefficient (Wildman–Crippen LogP) is -0.407. The number of hydroxylamine groups is 2. The Morgan fingerprint density at radius 3 is 2.42 bits per heavy atom. The predicted molar refractivity (Wildman–Crippen MR) is 67.7 cm³/mol. The van der Waals surface area contributed by atoms with Gasteiger partial charge in [-0.25, -0.2) is 13.5 Å². The lowest BCUT2D eigenvalue weighted by Crippen LogP contribution is -2.43. The zero-order chi connectivity index (χ0) is 13.7. The maximum Gasteiger partial charge on any atom is 0.247 e. The van der Waals surface area contributed by atoms with Crippen molar-refractivity contribution in [1.82, 2.24) is 9.37 Å². The summed E-state index contributed by atoms with van der Waals surface area (Å²) in [7, 11) is -3.37. The van der Waals surface area contributed by atoms with E-state index in [2.05, 4.69) is 0 Å². The van der Waals surface area contributed by atoms with E-state index in [0.29, 0.717) is 39.5 Å². The van der Waals surface area contributed by atoms with Gasteiger partial charge in [0.25, 0.3) is 0 Å². The quantitative estimate of drug-likeness (QED) is 0.704. The first-order valence-electron chi connectivity index (χ1n) is 6.58. The van der Waals surface area contributed by atoms with Gasteiger partial charge < -0.3 is 4.74 Å². The highest BCUT2D eigenvalue weighted by Crippen LogP contribution is 2.11. The minimum absolute atomic E-state index is 0.0281. The molecule has 110 valence electrons. The van der Waals surface area contributed by atoms with Crippen molar-refractivity contribution in [3.05, 3.63) is 0 Å². The highest BCUT2D eigenvalue weighted by molar-refractivity contribution is 7.89. The van der Waals surface area contributed by atoms with Gasteiger partial charge in [0.2, 0.25) is 15.9 Å². The molecule has 19 heavy (non-hydrogen) atoms. The van der Waals surface area contributed by atoms with E-state index in [0.717, 1.165) is 12.8 Å². The molecule has 2 saturated heterocycles. The number of hydrogen-bond acceptors (Lipinski definition) is 5. The van der Waals surface area contributed by atoms with Crippen LogP contribution in [0.25, 0.3) is 0 Å². The fraction of sp³-hybridized carbons (Fsp3) is 0.909. The number of nitrogens with zero attached hydrogens (tertiary/aromatic N) is 2. The highest BCUT2D eigenvalue weighted by Gasteiger charge is 2.26. The lowest BCUT2D eigenvalue weighted by Gasteiger charge is -2.28. The molecule has 1 amide bonds. The average molecular weight is 292 g/mol. The Hall–Kier alpha value is -0.700. The van der Waals surface area contributed by atoms with Crippen LogP contribution in [-0.2, 0) is 24.4 Å². The second-order valence-corrected chi connectivity index (χ2v) is 6.70. The van der Waals surface area contributed by atoms with E-state index >= 15 is 0 Å². The Labute approximate surface area is 113 Å². The highest BCUT2D eigenvalue weighted by atomic mass is 32.2. The minimum atomic E-state index is -3.37. The number of carbonyl (C=O) groups is 1. The van der Waals surface area contributed by atoms with Gasteiger partial charge in [0.15, 0.2) is 0 Å². The molecule has 0 aromatic rings. The van der Waals surface area contributed by atoms with Crippen LogP contribution in [0.3, 0.4) is 0 Å². The summed E-state index contributed by atoms with van der Waals surface area (Å²) in [5.74, 6) is -0.414. The van der Waals surface area contributed by atoms with E-state index in [-0.39, 0.29) is 18.1 Å². The van der Waals surface area contributed by atoms with Crippen molar-refractivity contribution in [1.29, 1.82) is 0 Å². The number of amides is 1. The molecule has 2 aliphatic heterocycles. The minimum Gasteiger partial charge on any atom is -0.379 e. The van der Waals surface area contributed by atoms with E-state index < -0.39 is 10.0 Å². The van der Waals surface area contributed by atoms with Gasteiger partial charge in [-0.1, -0.05) is 0 Å². The van der Waals surface area contributed by atoms with Crippen molar-refractivity contribution in [3.63, 3.8) is 0 Å². The van der Waals surface area contributed by atoms with Gasteiger partial charge in [-0.2, -0.15) is 4.31 Å². The van der Waals surface area contributed by atoms with E-state index in [1.165, 1.54) is 9.37 Å². The lowest BCUT2D eigenvalue weighted by molar-refractivity contribution is -0.196. The molecule has 0 aromatic heterocycles. The van der Waals surface area contributed by atoms with Crippen LogP contribution in [0, 0.1) is 0 Å². The molecule has 8 heteroatoms. The van der Waals surface area contributed by atoms with Crippen molar-refractivity contribution >= 4 is 15.9 Å². The van der Waals surface area contributed by atoms with Gasteiger partial charge in [0.05, 0.1) is 25.6 Å². The molecule has 7 nitrogen and oxygen atoms in total. The Morgan fingerprint density at radius 1 is 1.05 bits per heavy atom. The van der Waals surface area contributed by atoms with Crippen molar-refractivity contribution < 1.29 is 22.8 Å². The number of morpholine rings is 1. The Morgan fingerprint density at radius 2 is 1.79 bits per heavy atom. The molecule has 0 atom stereocenters. The van der Waals surface area contributed by atoms with Crippen LogP contribution in [0.15, 0.2) is 0 Å². The summed E-state index contributed by atoms with van der Waals surface area (Å²) < 4.78 is 30.6. The smallest absolute Gasteiger partial charge is 0.247 e. The van der Waals surface area contributed by atoms with Gasteiger partial charge >= 0.3 is 0 Å². The second kappa shape index (κ2) is 6.65. The Kier molecular flexibility index (Phi) is 5.14. The SMILES string of the molecule is O=C(CCS(=O)(=O)N1CCOCC1)N1CCCCO1. The summed E-state index contributed by atoms with van der Waals surface area (Å²) in [6.45, 7) is 2.66. The molecule has 0 bridgehead atoms. The van der Waals surface area contributed by atoms with Crippen LogP contribution in [0.2, 0.25) is 0 Å². The first kappa shape index (κ1) is 14.7. The van der Waals surface area contributed by atoms with Crippen LogP contribution in [0.4, 0.5) is 0 Å². The van der Waals surface area contributed by atoms with Gasteiger partial charge in [-0.3, -0.25) is 9.63 Å². The third-order valence-corrected chi connectivity index (χ3v) is 5.09. The van der Waals surface area contributed by atoms with Gasteiger partial charge in [0, 0.05) is 26.1 Å². The van der Waals surface area contributed by atoms with Gasteiger partial charge in [-0.05, 0) is 12.8 Å². The molecule has 2 heterocycles. The van der Waals surface area contributed by atoms with E-state index in [1.807, 2.05) is 0 Å². The topological polar surface area (TPSA) is 76.2 Å². The Bertz CT molecular complexity index is 399. The van der Waals surface area contributed by atoms with E-state index in [4.69, 9.17) is 9.57 Å². The molecule has 0 aliphatic carbocycles. The molecular formula is C11H20N2O5S. The third kappa shape index (κ3) is 4.13. The Balaban J connectivity index is 1.81. The number of rotatable bonds is 4. The number of sulfonamides is 1. The monoisotopic (exact) mass is 292 g/mol. The van der Waals surface area contributed by atoms with Crippen LogP contribution in [0.5, 0.6) is 0 Å². The molecule has 2 aliphatic rings. The summed E-state index contributed by atoms with van der Waals surface area (Å²) in [6, 6.07) is 0. The zero-order valence-corrected chi connectivity index (χ0v) is 11.7. The molecule has 0 unspecified atom stereocenters. The van der Waals surface area contributed by atoms with E-state index in [1.54, 1.807) is 0 Å². The average Bonchev–Trinajstić information content (AvgIpc) is 2.47. The fourth-order valence-electron chi connectivity index (χ4n) is 2.09. The summed E-state index contributed by atoms with van der Waals surface area (Å²) >= 11 is 0. The molecule has 0 spiro atoms. The molecule has 2 fully saturated rings. The molecular weight excluding hydrogens is 272 g/mol. The zero-order valence-electron chi connectivity index (χ0n) is 10.9. The third-order valence-electron chi connectivity index (χ3n) is 3.22. The fourth-order valence-corrected chi connectivity index (χ4v) is 3.48. The van der Waals surface area contributed by atoms with Crippen molar-refractivity contribution in [2.24, 2.45) is 0 Å². The standard InChI is InChI=1S/C11H20N2O5S/c14-11(13-4-1-2-7-18-13)3-10-19(15,16)12-5-8-17-9-6-12/h1-10H2. The summed E-state index contributed by atoms with van der Waals surface area (Å²) in [5.41, 5.74) is 0. The molecule has 0 radical (unpaired) electrons. The van der Waals surface area contributed by atoms with Crippen LogP contribution < -0.4 is 0 Å². The molecule has 2 rings (SSSR count). The largest absolute Gasteiger partial charge is 0.379 e. The van der Waals surface area contributed by atoms with Gasteiger partial charge in [-0.15, -0.1) is 0 Å². The summed E-state index contributed by atoms with van der Waals surface area (Å²) in [4.78, 5) is 17.0. The van der Waals surface area contributed by atoms with E-state index in [9.17, 15) is 13.2 Å². The first-order chi connectivity index (χ1) is 9.09. The van der Waals surface area contributed by atoms with Crippen molar-refractivity contribution in [2.75, 3.05) is 45.2 Å². The van der Waals surface area contributed by atoms with Crippen molar-refractivity contribution in [3.8, 4) is 0 Å². The normalized spacial score (nSPS) is 22.4. The summed E-state index contributed by atoms with van der Waals surface area (Å²) in [5, 5.41) is 1.29. The van der Waals surface area contributed by atoms with Crippen LogP contribution >= 0.6 is 0 Å². The molecule has 0 aromatic carbocycles. The summed E-state index contributed by atoms with van der Waals surface area (Å²) in [6.07, 6.45) is 1.82.